The summed E-state index contributed by atoms with van der Waals surface area (Å²) in [4.78, 5) is 25.3. The quantitative estimate of drug-likeness (QED) is 0.543. The second-order valence-electron chi connectivity index (χ2n) is 8.11. The van der Waals surface area contributed by atoms with Gasteiger partial charge in [0.05, 0.1) is 11.4 Å². The van der Waals surface area contributed by atoms with Gasteiger partial charge >= 0.3 is 0 Å². The van der Waals surface area contributed by atoms with Crippen molar-refractivity contribution < 1.29 is 9.59 Å². The Morgan fingerprint density at radius 2 is 1.17 bits per heavy atom. The third-order valence-electron chi connectivity index (χ3n) is 4.85. The molecular formula is C26H26N2O2. The van der Waals surface area contributed by atoms with Crippen molar-refractivity contribution in [2.24, 2.45) is 0 Å². The number of rotatable bonds is 5. The Balaban J connectivity index is 1.75. The van der Waals surface area contributed by atoms with Gasteiger partial charge in [-0.1, -0.05) is 69.8 Å². The van der Waals surface area contributed by atoms with Crippen LogP contribution in [-0.4, -0.2) is 11.8 Å². The third-order valence-corrected chi connectivity index (χ3v) is 4.85. The Morgan fingerprint density at radius 1 is 0.733 bits per heavy atom. The number of anilines is 2. The molecule has 0 fully saturated rings. The molecule has 0 bridgehead atoms. The highest BCUT2D eigenvalue weighted by molar-refractivity contribution is 6.10. The van der Waals surface area contributed by atoms with E-state index in [2.05, 4.69) is 38.0 Å². The van der Waals surface area contributed by atoms with Crippen molar-refractivity contribution >= 4 is 29.3 Å². The van der Waals surface area contributed by atoms with Crippen molar-refractivity contribution in [2.75, 3.05) is 10.6 Å². The zero-order valence-electron chi connectivity index (χ0n) is 17.5. The lowest BCUT2D eigenvalue weighted by atomic mass is 9.87. The summed E-state index contributed by atoms with van der Waals surface area (Å²) in [6, 6.07) is 21.9. The van der Waals surface area contributed by atoms with E-state index in [1.54, 1.807) is 30.3 Å². The van der Waals surface area contributed by atoms with Gasteiger partial charge in [-0.2, -0.15) is 0 Å². The van der Waals surface area contributed by atoms with Crippen LogP contribution in [0.4, 0.5) is 11.4 Å². The van der Waals surface area contributed by atoms with Crippen LogP contribution in [0.1, 0.15) is 52.6 Å². The van der Waals surface area contributed by atoms with Crippen molar-refractivity contribution in [1.29, 1.82) is 0 Å². The summed E-state index contributed by atoms with van der Waals surface area (Å²) >= 11 is 0. The third kappa shape index (κ3) is 5.03. The minimum atomic E-state index is -0.248. The van der Waals surface area contributed by atoms with E-state index in [9.17, 15) is 9.59 Å². The van der Waals surface area contributed by atoms with E-state index in [0.29, 0.717) is 22.5 Å². The predicted octanol–water partition coefficient (Wildman–Crippen LogP) is 6.13. The van der Waals surface area contributed by atoms with Gasteiger partial charge in [-0.3, -0.25) is 9.59 Å². The first kappa shape index (κ1) is 21.1. The molecule has 0 radical (unpaired) electrons. The topological polar surface area (TPSA) is 58.2 Å². The van der Waals surface area contributed by atoms with Gasteiger partial charge in [0.1, 0.15) is 0 Å². The fraction of sp³-hybridized carbons (Fsp3) is 0.154. The van der Waals surface area contributed by atoms with Crippen molar-refractivity contribution in [2.45, 2.75) is 26.2 Å². The van der Waals surface area contributed by atoms with Gasteiger partial charge in [0.15, 0.2) is 0 Å². The standard InChI is InChI=1S/C26H26N2O2/c1-5-18-10-12-19(13-11-18)24(29)27-22-8-6-7-9-23(22)28-25(30)20-14-16-21(17-15-20)26(2,3)4/h5-17H,1H2,2-4H3,(H,27,29)(H,28,30). The molecule has 3 aromatic carbocycles. The summed E-state index contributed by atoms with van der Waals surface area (Å²) < 4.78 is 0. The molecule has 0 aliphatic heterocycles. The van der Waals surface area contributed by atoms with Crippen LogP contribution in [0, 0.1) is 0 Å². The van der Waals surface area contributed by atoms with Crippen molar-refractivity contribution in [1.82, 2.24) is 0 Å². The largest absolute Gasteiger partial charge is 0.320 e. The number of carbonyl (C=O) groups is 2. The van der Waals surface area contributed by atoms with Gasteiger partial charge in [0, 0.05) is 11.1 Å². The lowest BCUT2D eigenvalue weighted by Crippen LogP contribution is -2.17. The summed E-state index contributed by atoms with van der Waals surface area (Å²) in [5, 5.41) is 5.76. The van der Waals surface area contributed by atoms with Crippen LogP contribution >= 0.6 is 0 Å². The number of hydrogen-bond donors (Lipinski definition) is 2. The van der Waals surface area contributed by atoms with Crippen LogP contribution in [0.15, 0.2) is 79.4 Å². The van der Waals surface area contributed by atoms with Crippen LogP contribution in [0.3, 0.4) is 0 Å². The number of amides is 2. The molecule has 0 aliphatic carbocycles. The molecule has 0 atom stereocenters. The molecule has 3 aromatic rings. The van der Waals surface area contributed by atoms with Gasteiger partial charge in [0.2, 0.25) is 0 Å². The zero-order valence-corrected chi connectivity index (χ0v) is 17.5. The molecule has 3 rings (SSSR count). The molecule has 4 heteroatoms. The second-order valence-corrected chi connectivity index (χ2v) is 8.11. The average Bonchev–Trinajstić information content (AvgIpc) is 2.74. The maximum absolute atomic E-state index is 12.7. The summed E-state index contributed by atoms with van der Waals surface area (Å²) in [6.07, 6.45) is 1.72. The maximum Gasteiger partial charge on any atom is 0.255 e. The summed E-state index contributed by atoms with van der Waals surface area (Å²) in [6.45, 7) is 10.1. The molecule has 0 saturated heterocycles. The van der Waals surface area contributed by atoms with Crippen molar-refractivity contribution in [3.05, 3.63) is 102 Å². The van der Waals surface area contributed by atoms with Gasteiger partial charge in [-0.15, -0.1) is 0 Å². The average molecular weight is 399 g/mol. The Morgan fingerprint density at radius 3 is 1.57 bits per heavy atom. The van der Waals surface area contributed by atoms with Crippen LogP contribution in [0.25, 0.3) is 6.08 Å². The molecule has 2 amide bonds. The zero-order chi connectivity index (χ0) is 21.7. The Bertz CT molecular complexity index is 1060. The van der Waals surface area contributed by atoms with E-state index in [-0.39, 0.29) is 17.2 Å². The Hall–Kier alpha value is -3.66. The fourth-order valence-electron chi connectivity index (χ4n) is 2.98. The number of benzene rings is 3. The lowest BCUT2D eigenvalue weighted by molar-refractivity contribution is 0.101. The van der Waals surface area contributed by atoms with Crippen molar-refractivity contribution in [3.63, 3.8) is 0 Å². The minimum absolute atomic E-state index is 0.0236. The number of hydrogen-bond acceptors (Lipinski definition) is 2. The lowest BCUT2D eigenvalue weighted by Gasteiger charge is -2.19. The Labute approximate surface area is 177 Å². The SMILES string of the molecule is C=Cc1ccc(C(=O)Nc2ccccc2NC(=O)c2ccc(C(C)(C)C)cc2)cc1. The second kappa shape index (κ2) is 8.78. The van der Waals surface area contributed by atoms with E-state index in [1.165, 1.54) is 0 Å². The van der Waals surface area contributed by atoms with Gasteiger partial charge < -0.3 is 10.6 Å². The van der Waals surface area contributed by atoms with E-state index < -0.39 is 0 Å². The molecule has 0 heterocycles. The highest BCUT2D eigenvalue weighted by atomic mass is 16.2. The van der Waals surface area contributed by atoms with Crippen molar-refractivity contribution in [3.8, 4) is 0 Å². The molecule has 30 heavy (non-hydrogen) atoms. The smallest absolute Gasteiger partial charge is 0.255 e. The molecule has 152 valence electrons. The van der Waals surface area contributed by atoms with Crippen LogP contribution in [0.5, 0.6) is 0 Å². The molecular weight excluding hydrogens is 372 g/mol. The number of para-hydroxylation sites is 2. The van der Waals surface area contributed by atoms with E-state index >= 15 is 0 Å². The highest BCUT2D eigenvalue weighted by Gasteiger charge is 2.15. The van der Waals surface area contributed by atoms with Crippen LogP contribution in [-0.2, 0) is 5.41 Å². The maximum atomic E-state index is 12.7. The minimum Gasteiger partial charge on any atom is -0.320 e. The van der Waals surface area contributed by atoms with Gasteiger partial charge in [-0.05, 0) is 52.9 Å². The van der Waals surface area contributed by atoms with Crippen LogP contribution < -0.4 is 10.6 Å². The molecule has 0 saturated carbocycles. The van der Waals surface area contributed by atoms with Gasteiger partial charge in [0.25, 0.3) is 11.8 Å². The fourth-order valence-corrected chi connectivity index (χ4v) is 2.98. The summed E-state index contributed by atoms with van der Waals surface area (Å²) in [7, 11) is 0. The summed E-state index contributed by atoms with van der Waals surface area (Å²) in [5.41, 5.74) is 4.29. The van der Waals surface area contributed by atoms with Crippen LogP contribution in [0.2, 0.25) is 0 Å². The molecule has 0 spiro atoms. The molecule has 4 nitrogen and oxygen atoms in total. The number of carbonyl (C=O) groups excluding carboxylic acids is 2. The molecule has 0 aliphatic rings. The number of nitrogens with one attached hydrogen (secondary N) is 2. The molecule has 0 aromatic heterocycles. The first-order chi connectivity index (χ1) is 14.3. The predicted molar refractivity (Wildman–Crippen MR) is 124 cm³/mol. The molecule has 0 unspecified atom stereocenters. The summed E-state index contributed by atoms with van der Waals surface area (Å²) in [5.74, 6) is -0.477. The monoisotopic (exact) mass is 398 g/mol. The van der Waals surface area contributed by atoms with Gasteiger partial charge in [-0.25, -0.2) is 0 Å². The Kier molecular flexibility index (Phi) is 6.17. The van der Waals surface area contributed by atoms with E-state index in [0.717, 1.165) is 11.1 Å². The first-order valence-electron chi connectivity index (χ1n) is 9.83. The molecule has 2 N–H and O–H groups in total. The van der Waals surface area contributed by atoms with E-state index in [1.807, 2.05) is 48.5 Å². The first-order valence-corrected chi connectivity index (χ1v) is 9.83. The highest BCUT2D eigenvalue weighted by Crippen LogP contribution is 2.25. The van der Waals surface area contributed by atoms with E-state index in [4.69, 9.17) is 0 Å². The normalized spacial score (nSPS) is 10.9.